The van der Waals surface area contributed by atoms with Crippen molar-refractivity contribution in [2.24, 2.45) is 0 Å². The summed E-state index contributed by atoms with van der Waals surface area (Å²) in [5.74, 6) is 1.22. The van der Waals surface area contributed by atoms with Crippen LogP contribution in [0, 0.1) is 0 Å². The van der Waals surface area contributed by atoms with Gasteiger partial charge in [-0.3, -0.25) is 9.69 Å². The zero-order chi connectivity index (χ0) is 15.2. The average Bonchev–Trinajstić information content (AvgIpc) is 3.01. The minimum atomic E-state index is -0.161. The fourth-order valence-electron chi connectivity index (χ4n) is 2.14. The summed E-state index contributed by atoms with van der Waals surface area (Å²) in [7, 11) is 5.45. The Morgan fingerprint density at radius 2 is 2.00 bits per heavy atom. The van der Waals surface area contributed by atoms with Gasteiger partial charge in [0, 0.05) is 6.54 Å². The first-order valence-electron chi connectivity index (χ1n) is 6.74. The Balaban J connectivity index is 0.00000242. The first-order chi connectivity index (χ1) is 10.1. The Morgan fingerprint density at radius 3 is 2.59 bits per heavy atom. The Hall–Kier alpha value is -1.98. The number of nitrogens with one attached hydrogen (secondary N) is 1. The van der Waals surface area contributed by atoms with E-state index in [1.54, 1.807) is 25.5 Å². The maximum Gasteiger partial charge on any atom is 0.255 e. The quantitative estimate of drug-likeness (QED) is 0.887. The Labute approximate surface area is 136 Å². The van der Waals surface area contributed by atoms with Crippen molar-refractivity contribution in [1.29, 1.82) is 0 Å². The molecule has 2 rings (SSSR count). The van der Waals surface area contributed by atoms with E-state index in [9.17, 15) is 4.79 Å². The lowest BCUT2D eigenvalue weighted by atomic mass is 10.1. The molecule has 0 aliphatic carbocycles. The summed E-state index contributed by atoms with van der Waals surface area (Å²) in [5.41, 5.74) is 0.525. The molecule has 0 aliphatic heterocycles. The number of halogens is 1. The van der Waals surface area contributed by atoms with Crippen molar-refractivity contribution in [3.05, 3.63) is 54.0 Å². The number of hydrogen-bond donors (Lipinski definition) is 1. The van der Waals surface area contributed by atoms with Crippen LogP contribution in [-0.2, 0) is 0 Å². The van der Waals surface area contributed by atoms with Crippen LogP contribution in [0.2, 0.25) is 0 Å². The number of carbonyl (C=O) groups excluding carboxylic acids is 1. The topological polar surface area (TPSA) is 54.7 Å². The number of carbonyl (C=O) groups is 1. The molecule has 0 aliphatic rings. The van der Waals surface area contributed by atoms with E-state index in [-0.39, 0.29) is 24.4 Å². The zero-order valence-corrected chi connectivity index (χ0v) is 13.7. The normalized spacial score (nSPS) is 11.6. The summed E-state index contributed by atoms with van der Waals surface area (Å²) >= 11 is 0. The molecule has 0 saturated heterocycles. The molecule has 1 atom stereocenters. The highest BCUT2D eigenvalue weighted by atomic mass is 35.5. The summed E-state index contributed by atoms with van der Waals surface area (Å²) in [6.45, 7) is 0.456. The summed E-state index contributed by atoms with van der Waals surface area (Å²) in [5, 5.41) is 2.92. The van der Waals surface area contributed by atoms with Crippen LogP contribution in [-0.4, -0.2) is 38.6 Å². The second-order valence-electron chi connectivity index (χ2n) is 4.91. The average molecular weight is 325 g/mol. The second-order valence-corrected chi connectivity index (χ2v) is 4.91. The SMILES string of the molecule is COc1ccccc1C(=O)NCC(c1ccco1)N(C)C.Cl. The first-order valence-corrected chi connectivity index (χ1v) is 6.74. The molecule has 1 amide bonds. The Kier molecular flexibility index (Phi) is 6.95. The molecule has 5 nitrogen and oxygen atoms in total. The number of nitrogens with zero attached hydrogens (tertiary/aromatic N) is 1. The number of amides is 1. The van der Waals surface area contributed by atoms with Crippen molar-refractivity contribution in [2.45, 2.75) is 6.04 Å². The first kappa shape index (κ1) is 18.1. The maximum absolute atomic E-state index is 12.3. The third kappa shape index (κ3) is 4.26. The molecular formula is C16H21ClN2O3. The molecule has 0 radical (unpaired) electrons. The second kappa shape index (κ2) is 8.46. The Morgan fingerprint density at radius 1 is 1.27 bits per heavy atom. The van der Waals surface area contributed by atoms with Gasteiger partial charge in [0.05, 0.1) is 25.0 Å². The molecule has 120 valence electrons. The van der Waals surface area contributed by atoms with Crippen LogP contribution in [0.5, 0.6) is 5.75 Å². The molecule has 0 saturated carbocycles. The third-order valence-corrected chi connectivity index (χ3v) is 3.30. The van der Waals surface area contributed by atoms with Gasteiger partial charge in [0.2, 0.25) is 0 Å². The molecule has 0 spiro atoms. The number of rotatable bonds is 6. The van der Waals surface area contributed by atoms with E-state index < -0.39 is 0 Å². The van der Waals surface area contributed by atoms with Gasteiger partial charge in [-0.1, -0.05) is 12.1 Å². The van der Waals surface area contributed by atoms with Gasteiger partial charge >= 0.3 is 0 Å². The van der Waals surface area contributed by atoms with E-state index in [0.717, 1.165) is 5.76 Å². The lowest BCUT2D eigenvalue weighted by Gasteiger charge is -2.22. The predicted octanol–water partition coefficient (Wildman–Crippen LogP) is 2.74. The van der Waals surface area contributed by atoms with Crippen molar-refractivity contribution < 1.29 is 13.9 Å². The summed E-state index contributed by atoms with van der Waals surface area (Å²) < 4.78 is 10.6. The van der Waals surface area contributed by atoms with Gasteiger partial charge in [0.1, 0.15) is 11.5 Å². The van der Waals surface area contributed by atoms with Crippen LogP contribution in [0.25, 0.3) is 0 Å². The van der Waals surface area contributed by atoms with Crippen LogP contribution >= 0.6 is 12.4 Å². The minimum absolute atomic E-state index is 0. The highest BCUT2D eigenvalue weighted by Crippen LogP contribution is 2.19. The molecular weight excluding hydrogens is 304 g/mol. The Bertz CT molecular complexity index is 585. The molecule has 2 aromatic rings. The number of likely N-dealkylation sites (N-methyl/N-ethyl adjacent to an activating group) is 1. The molecule has 1 N–H and O–H groups in total. The lowest BCUT2D eigenvalue weighted by Crippen LogP contribution is -2.34. The fourth-order valence-corrected chi connectivity index (χ4v) is 2.14. The zero-order valence-electron chi connectivity index (χ0n) is 12.9. The van der Waals surface area contributed by atoms with Crippen LogP contribution < -0.4 is 10.1 Å². The van der Waals surface area contributed by atoms with Crippen molar-refractivity contribution in [3.63, 3.8) is 0 Å². The van der Waals surface area contributed by atoms with Crippen molar-refractivity contribution in [2.75, 3.05) is 27.7 Å². The van der Waals surface area contributed by atoms with E-state index in [1.165, 1.54) is 0 Å². The maximum atomic E-state index is 12.3. The molecule has 1 aromatic heterocycles. The lowest BCUT2D eigenvalue weighted by molar-refractivity contribution is 0.0936. The standard InChI is InChI=1S/C16H20N2O3.ClH/c1-18(2)13(15-9-6-10-21-15)11-17-16(19)12-7-4-5-8-14(12)20-3;/h4-10,13H,11H2,1-3H3,(H,17,19);1H. The van der Waals surface area contributed by atoms with E-state index in [1.807, 2.05) is 43.3 Å². The fraction of sp³-hybridized carbons (Fsp3) is 0.312. The molecule has 1 heterocycles. The number of benzene rings is 1. The predicted molar refractivity (Wildman–Crippen MR) is 87.7 cm³/mol. The van der Waals surface area contributed by atoms with E-state index in [0.29, 0.717) is 17.9 Å². The van der Waals surface area contributed by atoms with Crippen LogP contribution in [0.3, 0.4) is 0 Å². The van der Waals surface area contributed by atoms with Gasteiger partial charge in [-0.15, -0.1) is 12.4 Å². The van der Waals surface area contributed by atoms with Crippen molar-refractivity contribution >= 4 is 18.3 Å². The molecule has 0 bridgehead atoms. The number of para-hydroxylation sites is 1. The van der Waals surface area contributed by atoms with Gasteiger partial charge < -0.3 is 14.5 Å². The van der Waals surface area contributed by atoms with Crippen LogP contribution in [0.15, 0.2) is 47.1 Å². The summed E-state index contributed by atoms with van der Waals surface area (Å²) in [4.78, 5) is 14.3. The number of furan rings is 1. The van der Waals surface area contributed by atoms with Crippen molar-refractivity contribution in [3.8, 4) is 5.75 Å². The van der Waals surface area contributed by atoms with Gasteiger partial charge in [-0.2, -0.15) is 0 Å². The molecule has 1 unspecified atom stereocenters. The third-order valence-electron chi connectivity index (χ3n) is 3.30. The number of hydrogen-bond acceptors (Lipinski definition) is 4. The molecule has 6 heteroatoms. The molecule has 0 fully saturated rings. The van der Waals surface area contributed by atoms with Gasteiger partial charge in [0.25, 0.3) is 5.91 Å². The van der Waals surface area contributed by atoms with E-state index in [2.05, 4.69) is 5.32 Å². The smallest absolute Gasteiger partial charge is 0.255 e. The van der Waals surface area contributed by atoms with Gasteiger partial charge in [-0.05, 0) is 38.4 Å². The van der Waals surface area contributed by atoms with Gasteiger partial charge in [0.15, 0.2) is 0 Å². The van der Waals surface area contributed by atoms with E-state index >= 15 is 0 Å². The summed E-state index contributed by atoms with van der Waals surface area (Å²) in [6, 6.07) is 10.9. The summed E-state index contributed by atoms with van der Waals surface area (Å²) in [6.07, 6.45) is 1.63. The molecule has 22 heavy (non-hydrogen) atoms. The largest absolute Gasteiger partial charge is 0.496 e. The monoisotopic (exact) mass is 324 g/mol. The minimum Gasteiger partial charge on any atom is -0.496 e. The molecule has 1 aromatic carbocycles. The highest BCUT2D eigenvalue weighted by molar-refractivity contribution is 5.96. The van der Waals surface area contributed by atoms with Crippen molar-refractivity contribution in [1.82, 2.24) is 10.2 Å². The van der Waals surface area contributed by atoms with Crippen LogP contribution in [0.1, 0.15) is 22.2 Å². The highest BCUT2D eigenvalue weighted by Gasteiger charge is 2.19. The van der Waals surface area contributed by atoms with E-state index in [4.69, 9.17) is 9.15 Å². The van der Waals surface area contributed by atoms with Gasteiger partial charge in [-0.25, -0.2) is 0 Å². The number of ether oxygens (including phenoxy) is 1. The number of methoxy groups -OCH3 is 1. The van der Waals surface area contributed by atoms with Crippen LogP contribution in [0.4, 0.5) is 0 Å².